The first-order valence-corrected chi connectivity index (χ1v) is 38.1. The Bertz CT molecular complexity index is 1900. The highest BCUT2D eigenvalue weighted by Gasteiger charge is 2.53. The summed E-state index contributed by atoms with van der Waals surface area (Å²) in [6, 6.07) is -2.84. The number of ketones is 1. The first-order chi connectivity index (χ1) is 42.9. The quantitative estimate of drug-likeness (QED) is 0.0129. The number of nitrogens with one attached hydrogen (secondary N) is 2. The lowest BCUT2D eigenvalue weighted by Crippen LogP contribution is -2.67. The van der Waals surface area contributed by atoms with E-state index in [4.69, 9.17) is 42.2 Å². The zero-order valence-corrected chi connectivity index (χ0v) is 57.8. The number of rotatable bonds is 59. The number of hydrogen-bond donors (Lipinski definition) is 7. The fraction of sp³-hybridized carbons (Fsp3) is 0.924. The van der Waals surface area contributed by atoms with Gasteiger partial charge in [-0.15, -0.1) is 0 Å². The van der Waals surface area contributed by atoms with Crippen molar-refractivity contribution in [3.05, 3.63) is 12.2 Å². The van der Waals surface area contributed by atoms with Crippen LogP contribution in [0.1, 0.15) is 285 Å². The SMILES string of the molecule is CCCCCCC=CCCCCCCCCCC(=O)N[C@H]1[C@H](OCC2O[C@H](OP(=O)(O)O)[C@H](NC(=O)CC(=O)CCCCCCCCCCC)[C@@H](OCCCCCCCCCC)[C@@H]2O)O[C@H](COC)[C@@H](OP(=O)(O)O)[C@@H]1OCC[C@@H](CCCCCCC)OC. The molecule has 89 heavy (non-hydrogen) atoms. The van der Waals surface area contributed by atoms with Gasteiger partial charge in [0.05, 0.1) is 25.7 Å². The Kier molecular flexibility index (Phi) is 49.2. The molecular formula is C66H126N2O19P2. The summed E-state index contributed by atoms with van der Waals surface area (Å²) < 4.78 is 79.3. The molecule has 0 radical (unpaired) electrons. The highest BCUT2D eigenvalue weighted by Crippen LogP contribution is 2.44. The number of carbonyl (C=O) groups excluding carboxylic acids is 3. The van der Waals surface area contributed by atoms with Gasteiger partial charge in [-0.2, -0.15) is 0 Å². The molecule has 11 atom stereocenters. The monoisotopic (exact) mass is 1310 g/mol. The van der Waals surface area contributed by atoms with Gasteiger partial charge in [0.2, 0.25) is 11.8 Å². The van der Waals surface area contributed by atoms with Crippen LogP contribution in [-0.4, -0.2) is 150 Å². The molecule has 0 aromatic carbocycles. The van der Waals surface area contributed by atoms with E-state index in [2.05, 4.69) is 50.5 Å². The van der Waals surface area contributed by atoms with Crippen LogP contribution >= 0.6 is 15.6 Å². The molecule has 0 aromatic rings. The van der Waals surface area contributed by atoms with Gasteiger partial charge in [-0.05, 0) is 57.8 Å². The number of allylic oxidation sites excluding steroid dienone is 2. The topological polar surface area (TPSA) is 294 Å². The summed E-state index contributed by atoms with van der Waals surface area (Å²) >= 11 is 0. The second-order valence-corrected chi connectivity index (χ2v) is 27.2. The summed E-state index contributed by atoms with van der Waals surface area (Å²) in [5.74, 6) is -1.52. The molecule has 2 saturated heterocycles. The van der Waals surface area contributed by atoms with Gasteiger partial charge in [0.1, 0.15) is 54.5 Å². The standard InChI is InChI=1S/C66H126N2O19P2/c1-7-11-15-19-22-25-26-27-28-29-30-32-34-38-42-46-57(70)67-60-64(82-49-47-54(80-6)45-41-36-18-14-10-4)62(86-88(73,74)75)56(51-79-5)85-65(60)83-52-55-61(72)63(81-48-43-39-35-24-21-17-13-9-3)59(66(84-55)87-89(76,77)78)68-58(71)50-53(69)44-40-37-33-31-23-20-16-12-8-2/h25-26,54-56,59-66,72H,7-24,27-52H2,1-6H3,(H,67,70)(H,68,71)(H2,73,74,75)(H2,76,77,78)/t54-,55?,56-,59-,60-,61-,62-,63-,64-,65-,66-/m1/s1. The number of aliphatic hydroxyl groups is 1. The van der Waals surface area contributed by atoms with Gasteiger partial charge in [0.15, 0.2) is 12.6 Å². The molecular weight excluding hydrogens is 1190 g/mol. The molecule has 1 unspecified atom stereocenters. The Morgan fingerprint density at radius 2 is 0.921 bits per heavy atom. The summed E-state index contributed by atoms with van der Waals surface area (Å²) in [6.45, 7) is 7.91. The Balaban J connectivity index is 2.45. The molecule has 2 aliphatic heterocycles. The molecule has 0 saturated carbocycles. The molecule has 2 amide bonds. The number of phosphoric acid groups is 2. The van der Waals surface area contributed by atoms with Crippen LogP contribution in [0.15, 0.2) is 12.2 Å². The van der Waals surface area contributed by atoms with Gasteiger partial charge in [-0.3, -0.25) is 23.4 Å². The molecule has 2 aliphatic rings. The number of phosphoric ester groups is 2. The summed E-state index contributed by atoms with van der Waals surface area (Å²) in [6.07, 6.45) is 29.6. The van der Waals surface area contributed by atoms with E-state index in [9.17, 15) is 48.2 Å². The number of Topliss-reactive ketones (excluding diaryl/α,β-unsaturated/α-hetero) is 1. The van der Waals surface area contributed by atoms with Crippen LogP contribution in [0, 0.1) is 0 Å². The van der Waals surface area contributed by atoms with Crippen molar-refractivity contribution in [2.24, 2.45) is 0 Å². The molecule has 0 aliphatic carbocycles. The Labute approximate surface area is 536 Å². The lowest BCUT2D eigenvalue weighted by Gasteiger charge is -2.47. The largest absolute Gasteiger partial charge is 0.472 e. The minimum atomic E-state index is -5.39. The number of aliphatic hydroxyl groups excluding tert-OH is 1. The van der Waals surface area contributed by atoms with Gasteiger partial charge >= 0.3 is 15.6 Å². The highest BCUT2D eigenvalue weighted by molar-refractivity contribution is 7.46. The lowest BCUT2D eigenvalue weighted by molar-refractivity contribution is -0.301. The van der Waals surface area contributed by atoms with Crippen molar-refractivity contribution >= 4 is 33.2 Å². The predicted octanol–water partition coefficient (Wildman–Crippen LogP) is 13.6. The first kappa shape index (κ1) is 83.3. The maximum atomic E-state index is 14.1. The van der Waals surface area contributed by atoms with Crippen LogP contribution in [-0.2, 0) is 65.7 Å². The van der Waals surface area contributed by atoms with Crippen LogP contribution in [0.4, 0.5) is 0 Å². The number of hydrogen-bond acceptors (Lipinski definition) is 15. The van der Waals surface area contributed by atoms with Gasteiger partial charge < -0.3 is 68.5 Å². The third-order valence-corrected chi connectivity index (χ3v) is 17.8. The minimum Gasteiger partial charge on any atom is -0.388 e. The fourth-order valence-electron chi connectivity index (χ4n) is 11.7. The third kappa shape index (κ3) is 41.0. The maximum Gasteiger partial charge on any atom is 0.472 e. The molecule has 21 nitrogen and oxygen atoms in total. The fourth-order valence-corrected chi connectivity index (χ4v) is 12.7. The normalized spacial score (nSPS) is 22.9. The maximum absolute atomic E-state index is 14.1. The lowest BCUT2D eigenvalue weighted by atomic mass is 9.95. The smallest absolute Gasteiger partial charge is 0.388 e. The van der Waals surface area contributed by atoms with Crippen molar-refractivity contribution in [3.63, 3.8) is 0 Å². The van der Waals surface area contributed by atoms with Crippen molar-refractivity contribution in [2.45, 2.75) is 352 Å². The number of unbranched alkanes of at least 4 members (excludes halogenated alkanes) is 30. The van der Waals surface area contributed by atoms with Crippen LogP contribution in [0.2, 0.25) is 0 Å². The molecule has 7 N–H and O–H groups in total. The van der Waals surface area contributed by atoms with E-state index < -0.39 is 102 Å². The second kappa shape index (κ2) is 52.5. The average molecular weight is 1310 g/mol. The number of ether oxygens (including phenoxy) is 7. The summed E-state index contributed by atoms with van der Waals surface area (Å²) in [5, 5.41) is 17.9. The summed E-state index contributed by atoms with van der Waals surface area (Å²) in [4.78, 5) is 82.2. The molecule has 0 bridgehead atoms. The van der Waals surface area contributed by atoms with E-state index in [1.807, 2.05) is 0 Å². The van der Waals surface area contributed by atoms with Gasteiger partial charge in [0.25, 0.3) is 0 Å². The van der Waals surface area contributed by atoms with E-state index in [0.717, 1.165) is 161 Å². The van der Waals surface area contributed by atoms with E-state index in [0.29, 0.717) is 25.7 Å². The number of amides is 2. The van der Waals surface area contributed by atoms with E-state index >= 15 is 0 Å². The zero-order chi connectivity index (χ0) is 65.4. The molecule has 23 heteroatoms. The Hall–Kier alpha value is -1.75. The van der Waals surface area contributed by atoms with Crippen molar-refractivity contribution in [1.82, 2.24) is 10.6 Å². The molecule has 0 spiro atoms. The predicted molar refractivity (Wildman–Crippen MR) is 347 cm³/mol. The summed E-state index contributed by atoms with van der Waals surface area (Å²) in [7, 11) is -7.69. The number of methoxy groups -OCH3 is 2. The minimum absolute atomic E-state index is 0.00889. The van der Waals surface area contributed by atoms with Gasteiger partial charge in [-0.25, -0.2) is 9.13 Å². The van der Waals surface area contributed by atoms with Gasteiger partial charge in [-0.1, -0.05) is 220 Å². The molecule has 2 fully saturated rings. The van der Waals surface area contributed by atoms with Crippen LogP contribution in [0.25, 0.3) is 0 Å². The van der Waals surface area contributed by atoms with Gasteiger partial charge in [0, 0.05) is 40.3 Å². The summed E-state index contributed by atoms with van der Waals surface area (Å²) in [5.41, 5.74) is 0. The van der Waals surface area contributed by atoms with Crippen molar-refractivity contribution in [1.29, 1.82) is 0 Å². The number of carbonyl (C=O) groups is 3. The second-order valence-electron chi connectivity index (χ2n) is 24.8. The van der Waals surface area contributed by atoms with Crippen molar-refractivity contribution in [2.75, 3.05) is 40.6 Å². The average Bonchev–Trinajstić information content (AvgIpc) is 0.966. The molecule has 0 aromatic heterocycles. The van der Waals surface area contributed by atoms with Crippen molar-refractivity contribution in [3.8, 4) is 0 Å². The third-order valence-electron chi connectivity index (χ3n) is 16.8. The Morgan fingerprint density at radius 1 is 0.472 bits per heavy atom. The van der Waals surface area contributed by atoms with Crippen molar-refractivity contribution < 1.29 is 90.4 Å². The van der Waals surface area contributed by atoms with Crippen LogP contribution in [0.5, 0.6) is 0 Å². The first-order valence-electron chi connectivity index (χ1n) is 35.0. The zero-order valence-electron chi connectivity index (χ0n) is 56.0. The Morgan fingerprint density at radius 3 is 1.45 bits per heavy atom. The van der Waals surface area contributed by atoms with Crippen LogP contribution in [0.3, 0.4) is 0 Å². The van der Waals surface area contributed by atoms with E-state index in [1.165, 1.54) is 58.5 Å². The van der Waals surface area contributed by atoms with Crippen LogP contribution < -0.4 is 10.6 Å². The highest BCUT2D eigenvalue weighted by atomic mass is 31.2. The molecule has 2 rings (SSSR count). The van der Waals surface area contributed by atoms with E-state index in [1.54, 1.807) is 7.11 Å². The molecule has 524 valence electrons. The molecule has 2 heterocycles. The van der Waals surface area contributed by atoms with E-state index in [-0.39, 0.29) is 44.5 Å².